The van der Waals surface area contributed by atoms with Crippen LogP contribution >= 0.6 is 0 Å². The van der Waals surface area contributed by atoms with E-state index in [1.807, 2.05) is 6.92 Å². The number of carbonyl (C=O) groups excluding carboxylic acids is 3. The number of piperidine rings is 1. The Hall–Kier alpha value is -2.46. The van der Waals surface area contributed by atoms with E-state index in [0.29, 0.717) is 12.5 Å². The van der Waals surface area contributed by atoms with Gasteiger partial charge in [-0.15, -0.1) is 0 Å². The Kier molecular flexibility index (Phi) is 8.47. The molecular weight excluding hydrogens is 446 g/mol. The Morgan fingerprint density at radius 3 is 2.33 bits per heavy atom. The highest BCUT2D eigenvalue weighted by Gasteiger charge is 2.31. The number of imide groups is 1. The van der Waals surface area contributed by atoms with Crippen LogP contribution in [0.2, 0.25) is 0 Å². The second-order valence-electron chi connectivity index (χ2n) is 8.95. The molecule has 0 spiro atoms. The fourth-order valence-electron chi connectivity index (χ4n) is 4.44. The maximum atomic E-state index is 12.9. The first kappa shape index (κ1) is 25.2. The van der Waals surface area contributed by atoms with Crippen LogP contribution < -0.4 is 10.6 Å². The lowest BCUT2D eigenvalue weighted by molar-refractivity contribution is -0.123. The smallest absolute Gasteiger partial charge is 0.338 e. The van der Waals surface area contributed by atoms with Gasteiger partial charge in [-0.05, 0) is 62.8 Å². The van der Waals surface area contributed by atoms with Gasteiger partial charge in [0.25, 0.3) is 5.91 Å². The summed E-state index contributed by atoms with van der Waals surface area (Å²) in [5.74, 6) is -1.16. The van der Waals surface area contributed by atoms with E-state index in [-0.39, 0.29) is 22.5 Å². The van der Waals surface area contributed by atoms with Crippen molar-refractivity contribution in [3.63, 3.8) is 0 Å². The van der Waals surface area contributed by atoms with Gasteiger partial charge in [-0.2, -0.15) is 4.31 Å². The van der Waals surface area contributed by atoms with Gasteiger partial charge in [0.15, 0.2) is 6.61 Å². The van der Waals surface area contributed by atoms with Gasteiger partial charge in [0, 0.05) is 18.6 Å². The Bertz CT molecular complexity index is 963. The van der Waals surface area contributed by atoms with Crippen LogP contribution in [0, 0.1) is 5.92 Å². The topological polar surface area (TPSA) is 122 Å². The molecular formula is C23H33N3O6S. The molecule has 2 aliphatic rings. The molecule has 1 saturated carbocycles. The molecule has 3 unspecified atom stereocenters. The maximum absolute atomic E-state index is 12.9. The van der Waals surface area contributed by atoms with Crippen molar-refractivity contribution in [2.75, 3.05) is 13.2 Å². The normalized spacial score (nSPS) is 24.0. The van der Waals surface area contributed by atoms with E-state index >= 15 is 0 Å². The zero-order chi connectivity index (χ0) is 24.0. The van der Waals surface area contributed by atoms with E-state index in [0.717, 1.165) is 44.9 Å². The molecule has 0 radical (unpaired) electrons. The maximum Gasteiger partial charge on any atom is 0.338 e. The summed E-state index contributed by atoms with van der Waals surface area (Å²) in [5.41, 5.74) is 0.119. The second-order valence-corrected chi connectivity index (χ2v) is 10.8. The standard InChI is InChI=1S/C23H33N3O6S/c1-16-7-3-4-9-20(16)24-23(29)25-21(27)15-32-22(28)18-10-12-19(13-11-18)33(30,31)26-14-6-5-8-17(26)2/h10-13,16-17,20H,3-9,14-15H2,1-2H3,(H2,24,25,27,29). The van der Waals surface area contributed by atoms with Crippen molar-refractivity contribution in [3.05, 3.63) is 29.8 Å². The fraction of sp³-hybridized carbons (Fsp3) is 0.609. The summed E-state index contributed by atoms with van der Waals surface area (Å²) in [6.07, 6.45) is 6.75. The molecule has 1 aliphatic carbocycles. The molecule has 10 heteroatoms. The average molecular weight is 480 g/mol. The summed E-state index contributed by atoms with van der Waals surface area (Å²) < 4.78 is 32.2. The fourth-order valence-corrected chi connectivity index (χ4v) is 6.14. The Morgan fingerprint density at radius 2 is 1.67 bits per heavy atom. The zero-order valence-electron chi connectivity index (χ0n) is 19.2. The predicted molar refractivity (Wildman–Crippen MR) is 122 cm³/mol. The molecule has 33 heavy (non-hydrogen) atoms. The van der Waals surface area contributed by atoms with Gasteiger partial charge in [-0.25, -0.2) is 18.0 Å². The highest BCUT2D eigenvalue weighted by atomic mass is 32.2. The van der Waals surface area contributed by atoms with Crippen LogP contribution in [0.3, 0.4) is 0 Å². The number of sulfonamides is 1. The van der Waals surface area contributed by atoms with Crippen LogP contribution in [0.4, 0.5) is 4.79 Å². The second kappa shape index (κ2) is 11.1. The summed E-state index contributed by atoms with van der Waals surface area (Å²) in [6.45, 7) is 3.83. The highest BCUT2D eigenvalue weighted by molar-refractivity contribution is 7.89. The van der Waals surface area contributed by atoms with Gasteiger partial charge < -0.3 is 10.1 Å². The van der Waals surface area contributed by atoms with Crippen molar-refractivity contribution in [1.82, 2.24) is 14.9 Å². The molecule has 3 rings (SSSR count). The Balaban J connectivity index is 1.49. The largest absolute Gasteiger partial charge is 0.452 e. The van der Waals surface area contributed by atoms with Crippen LogP contribution in [0.15, 0.2) is 29.2 Å². The van der Waals surface area contributed by atoms with Crippen molar-refractivity contribution in [2.24, 2.45) is 5.92 Å². The number of carbonyl (C=O) groups is 3. The predicted octanol–water partition coefficient (Wildman–Crippen LogP) is 2.81. The first-order valence-electron chi connectivity index (χ1n) is 11.6. The van der Waals surface area contributed by atoms with Gasteiger partial charge in [-0.1, -0.05) is 26.2 Å². The molecule has 1 aliphatic heterocycles. The summed E-state index contributed by atoms with van der Waals surface area (Å²) >= 11 is 0. The SMILES string of the molecule is CC1CCCCC1NC(=O)NC(=O)COC(=O)c1ccc(S(=O)(=O)N2CCCCC2C)cc1. The number of urea groups is 1. The van der Waals surface area contributed by atoms with Gasteiger partial charge in [-0.3, -0.25) is 10.1 Å². The molecule has 3 amide bonds. The minimum Gasteiger partial charge on any atom is -0.452 e. The first-order valence-corrected chi connectivity index (χ1v) is 13.0. The third-order valence-corrected chi connectivity index (χ3v) is 8.48. The number of hydrogen-bond donors (Lipinski definition) is 2. The highest BCUT2D eigenvalue weighted by Crippen LogP contribution is 2.25. The number of nitrogens with zero attached hydrogens (tertiary/aromatic N) is 1. The van der Waals surface area contributed by atoms with E-state index in [1.165, 1.54) is 28.6 Å². The van der Waals surface area contributed by atoms with E-state index in [4.69, 9.17) is 4.74 Å². The molecule has 1 aromatic rings. The number of esters is 1. The molecule has 182 valence electrons. The van der Waals surface area contributed by atoms with Crippen LogP contribution in [-0.2, 0) is 19.6 Å². The molecule has 1 heterocycles. The molecule has 2 N–H and O–H groups in total. The zero-order valence-corrected chi connectivity index (χ0v) is 20.0. The Morgan fingerprint density at radius 1 is 1.00 bits per heavy atom. The summed E-state index contributed by atoms with van der Waals surface area (Å²) in [5, 5.41) is 4.97. The van der Waals surface area contributed by atoms with Crippen molar-refractivity contribution in [1.29, 1.82) is 0 Å². The quantitative estimate of drug-likeness (QED) is 0.605. The van der Waals surface area contributed by atoms with Gasteiger partial charge >= 0.3 is 12.0 Å². The number of amides is 3. The summed E-state index contributed by atoms with van der Waals surface area (Å²) in [6, 6.07) is 4.81. The minimum absolute atomic E-state index is 0.0248. The first-order chi connectivity index (χ1) is 15.7. The molecule has 1 saturated heterocycles. The van der Waals surface area contributed by atoms with Crippen LogP contribution in [0.5, 0.6) is 0 Å². The number of ether oxygens (including phenoxy) is 1. The molecule has 9 nitrogen and oxygen atoms in total. The van der Waals surface area contributed by atoms with Gasteiger partial charge in [0.05, 0.1) is 10.5 Å². The number of hydrogen-bond acceptors (Lipinski definition) is 6. The lowest BCUT2D eigenvalue weighted by Gasteiger charge is -2.32. The third-order valence-electron chi connectivity index (χ3n) is 6.45. The molecule has 1 aromatic carbocycles. The molecule has 3 atom stereocenters. The minimum atomic E-state index is -3.64. The van der Waals surface area contributed by atoms with Crippen molar-refractivity contribution < 1.29 is 27.5 Å². The van der Waals surface area contributed by atoms with E-state index in [9.17, 15) is 22.8 Å². The van der Waals surface area contributed by atoms with Crippen LogP contribution in [0.1, 0.15) is 69.2 Å². The lowest BCUT2D eigenvalue weighted by Crippen LogP contribution is -2.48. The van der Waals surface area contributed by atoms with Crippen LogP contribution in [-0.4, -0.2) is 55.9 Å². The average Bonchev–Trinajstić information content (AvgIpc) is 2.79. The molecule has 2 fully saturated rings. The van der Waals surface area contributed by atoms with Crippen molar-refractivity contribution >= 4 is 27.9 Å². The number of rotatable bonds is 6. The number of nitrogens with one attached hydrogen (secondary N) is 2. The lowest BCUT2D eigenvalue weighted by atomic mass is 9.86. The third kappa shape index (κ3) is 6.54. The number of benzene rings is 1. The van der Waals surface area contributed by atoms with Crippen LogP contribution in [0.25, 0.3) is 0 Å². The van der Waals surface area contributed by atoms with Crippen molar-refractivity contribution in [3.8, 4) is 0 Å². The van der Waals surface area contributed by atoms with Gasteiger partial charge in [0.2, 0.25) is 10.0 Å². The monoisotopic (exact) mass is 479 g/mol. The molecule has 0 bridgehead atoms. The van der Waals surface area contributed by atoms with E-state index < -0.39 is 34.5 Å². The summed E-state index contributed by atoms with van der Waals surface area (Å²) in [4.78, 5) is 36.3. The molecule has 0 aromatic heterocycles. The Labute approximate surface area is 195 Å². The van der Waals surface area contributed by atoms with Crippen molar-refractivity contribution in [2.45, 2.75) is 75.8 Å². The van der Waals surface area contributed by atoms with Gasteiger partial charge in [0.1, 0.15) is 0 Å². The van der Waals surface area contributed by atoms with E-state index in [2.05, 4.69) is 17.6 Å². The summed E-state index contributed by atoms with van der Waals surface area (Å²) in [7, 11) is -3.64. The van der Waals surface area contributed by atoms with E-state index in [1.54, 1.807) is 0 Å².